The first-order chi connectivity index (χ1) is 8.52. The maximum absolute atomic E-state index is 12.3. The van der Waals surface area contributed by atoms with Crippen LogP contribution in [0, 0.1) is 0 Å². The van der Waals surface area contributed by atoms with E-state index in [0.717, 1.165) is 12.8 Å². The molecule has 0 aromatic carbocycles. The van der Waals surface area contributed by atoms with Crippen molar-refractivity contribution in [1.29, 1.82) is 0 Å². The van der Waals surface area contributed by atoms with E-state index < -0.39 is 5.97 Å². The monoisotopic (exact) mass is 270 g/mol. The minimum Gasteiger partial charge on any atom is -0.480 e. The van der Waals surface area contributed by atoms with Gasteiger partial charge in [0.2, 0.25) is 0 Å². The van der Waals surface area contributed by atoms with Crippen molar-refractivity contribution >= 4 is 23.5 Å². The highest BCUT2D eigenvalue weighted by Crippen LogP contribution is 2.37. The smallest absolute Gasteiger partial charge is 0.323 e. The fourth-order valence-electron chi connectivity index (χ4n) is 1.92. The molecule has 1 aliphatic rings. The van der Waals surface area contributed by atoms with E-state index in [4.69, 9.17) is 16.7 Å². The van der Waals surface area contributed by atoms with Crippen molar-refractivity contribution in [2.75, 3.05) is 13.1 Å². The van der Waals surface area contributed by atoms with E-state index in [-0.39, 0.29) is 12.5 Å². The second-order valence-corrected chi connectivity index (χ2v) is 4.83. The van der Waals surface area contributed by atoms with Crippen LogP contribution < -0.4 is 0 Å². The number of nitrogens with zero attached hydrogens (tertiary/aromatic N) is 2. The third kappa shape index (κ3) is 2.67. The number of aromatic nitrogens is 1. The lowest BCUT2D eigenvalue weighted by Crippen LogP contribution is -2.36. The molecule has 1 amide bonds. The third-order valence-corrected chi connectivity index (χ3v) is 3.18. The predicted octanol–water partition coefficient (Wildman–Crippen LogP) is 2.02. The number of carbonyl (C=O) groups is 2. The molecule has 1 fully saturated rings. The Balaban J connectivity index is 2.23. The molecule has 1 aromatic heterocycles. The van der Waals surface area contributed by atoms with Gasteiger partial charge in [0, 0.05) is 18.8 Å². The molecular formula is C12H15ClN2O3. The van der Waals surface area contributed by atoms with Crippen LogP contribution in [0.5, 0.6) is 0 Å². The van der Waals surface area contributed by atoms with Gasteiger partial charge in [0.1, 0.15) is 12.2 Å². The molecule has 0 bridgehead atoms. The summed E-state index contributed by atoms with van der Waals surface area (Å²) in [6.45, 7) is 1.83. The lowest BCUT2D eigenvalue weighted by molar-refractivity contribution is -0.137. The van der Waals surface area contributed by atoms with Crippen molar-refractivity contribution in [3.8, 4) is 0 Å². The van der Waals surface area contributed by atoms with E-state index in [1.165, 1.54) is 4.90 Å². The molecule has 0 atom stereocenters. The van der Waals surface area contributed by atoms with E-state index in [1.54, 1.807) is 19.2 Å². The number of likely N-dealkylation sites (N-methyl/N-ethyl adjacent to an activating group) is 1. The Hall–Kier alpha value is -1.49. The van der Waals surface area contributed by atoms with Crippen LogP contribution in [-0.2, 0) is 4.79 Å². The van der Waals surface area contributed by atoms with Crippen molar-refractivity contribution < 1.29 is 14.7 Å². The van der Waals surface area contributed by atoms with E-state index in [1.807, 2.05) is 4.57 Å². The van der Waals surface area contributed by atoms with E-state index in [0.29, 0.717) is 23.3 Å². The zero-order valence-electron chi connectivity index (χ0n) is 10.1. The summed E-state index contributed by atoms with van der Waals surface area (Å²) in [6, 6.07) is 1.94. The molecule has 5 nitrogen and oxygen atoms in total. The van der Waals surface area contributed by atoms with Crippen LogP contribution in [0.2, 0.25) is 5.02 Å². The fourth-order valence-corrected chi connectivity index (χ4v) is 2.13. The Morgan fingerprint density at radius 1 is 1.56 bits per heavy atom. The molecular weight excluding hydrogens is 256 g/mol. The summed E-state index contributed by atoms with van der Waals surface area (Å²) in [5.74, 6) is -1.29. The summed E-state index contributed by atoms with van der Waals surface area (Å²) in [5.41, 5.74) is 0.477. The van der Waals surface area contributed by atoms with Gasteiger partial charge in [-0.15, -0.1) is 0 Å². The van der Waals surface area contributed by atoms with Gasteiger partial charge in [-0.25, -0.2) is 0 Å². The molecule has 2 rings (SSSR count). The Morgan fingerprint density at radius 2 is 2.22 bits per heavy atom. The third-order valence-electron chi connectivity index (χ3n) is 2.97. The van der Waals surface area contributed by atoms with Gasteiger partial charge >= 0.3 is 5.97 Å². The largest absolute Gasteiger partial charge is 0.480 e. The predicted molar refractivity (Wildman–Crippen MR) is 66.9 cm³/mol. The number of halogens is 1. The maximum Gasteiger partial charge on any atom is 0.323 e. The summed E-state index contributed by atoms with van der Waals surface area (Å²) in [6.07, 6.45) is 3.81. The van der Waals surface area contributed by atoms with Gasteiger partial charge in [0.25, 0.3) is 5.91 Å². The van der Waals surface area contributed by atoms with Gasteiger partial charge in [0.05, 0.1) is 5.02 Å². The van der Waals surface area contributed by atoms with Crippen molar-refractivity contribution in [3.05, 3.63) is 23.0 Å². The second kappa shape index (κ2) is 5.02. The zero-order valence-corrected chi connectivity index (χ0v) is 10.9. The summed E-state index contributed by atoms with van der Waals surface area (Å²) < 4.78 is 1.86. The molecule has 1 saturated carbocycles. The first-order valence-electron chi connectivity index (χ1n) is 5.91. The second-order valence-electron chi connectivity index (χ2n) is 4.40. The topological polar surface area (TPSA) is 62.5 Å². The number of aliphatic carboxylic acids is 1. The molecule has 0 aliphatic heterocycles. The molecule has 0 spiro atoms. The average Bonchev–Trinajstić information content (AvgIpc) is 3.08. The first-order valence-corrected chi connectivity index (χ1v) is 6.29. The number of hydrogen-bond acceptors (Lipinski definition) is 2. The minimum atomic E-state index is -1.01. The number of carboxylic acids is 1. The summed E-state index contributed by atoms with van der Waals surface area (Å²) >= 11 is 5.93. The molecule has 1 N–H and O–H groups in total. The SMILES string of the molecule is CCN(CC(=O)O)C(=O)c1cc(Cl)cn1C1CC1. The number of rotatable bonds is 5. The Labute approximate surface area is 110 Å². The van der Waals surface area contributed by atoms with Crippen molar-refractivity contribution in [3.63, 3.8) is 0 Å². The van der Waals surface area contributed by atoms with Crippen LogP contribution in [0.4, 0.5) is 0 Å². The average molecular weight is 271 g/mol. The number of amides is 1. The molecule has 6 heteroatoms. The van der Waals surface area contributed by atoms with Crippen molar-refractivity contribution in [2.45, 2.75) is 25.8 Å². The van der Waals surface area contributed by atoms with Crippen LogP contribution >= 0.6 is 11.6 Å². The highest BCUT2D eigenvalue weighted by molar-refractivity contribution is 6.31. The molecule has 98 valence electrons. The van der Waals surface area contributed by atoms with Crippen molar-refractivity contribution in [1.82, 2.24) is 9.47 Å². The molecule has 18 heavy (non-hydrogen) atoms. The summed E-state index contributed by atoms with van der Waals surface area (Å²) in [5, 5.41) is 9.29. The fraction of sp³-hybridized carbons (Fsp3) is 0.500. The Bertz CT molecular complexity index is 480. The summed E-state index contributed by atoms with van der Waals surface area (Å²) in [4.78, 5) is 24.3. The Morgan fingerprint density at radius 3 is 2.72 bits per heavy atom. The lowest BCUT2D eigenvalue weighted by Gasteiger charge is -2.19. The van der Waals surface area contributed by atoms with E-state index in [2.05, 4.69) is 0 Å². The highest BCUT2D eigenvalue weighted by Gasteiger charge is 2.29. The van der Waals surface area contributed by atoms with Crippen LogP contribution in [0.25, 0.3) is 0 Å². The molecule has 0 saturated heterocycles. The lowest BCUT2D eigenvalue weighted by atomic mass is 10.3. The van der Waals surface area contributed by atoms with Crippen molar-refractivity contribution in [2.24, 2.45) is 0 Å². The molecule has 1 aromatic rings. The Kier molecular flexibility index (Phi) is 3.61. The number of carboxylic acid groups (broad SMARTS) is 1. The molecule has 0 radical (unpaired) electrons. The quantitative estimate of drug-likeness (QED) is 0.890. The molecule has 1 heterocycles. The number of hydrogen-bond donors (Lipinski definition) is 1. The zero-order chi connectivity index (χ0) is 13.3. The van der Waals surface area contributed by atoms with Gasteiger partial charge in [-0.3, -0.25) is 9.59 Å². The van der Waals surface area contributed by atoms with Gasteiger partial charge in [-0.2, -0.15) is 0 Å². The normalized spacial score (nSPS) is 14.6. The van der Waals surface area contributed by atoms with Gasteiger partial charge in [-0.05, 0) is 25.8 Å². The van der Waals surface area contributed by atoms with Gasteiger partial charge in [-0.1, -0.05) is 11.6 Å². The molecule has 1 aliphatic carbocycles. The number of carbonyl (C=O) groups excluding carboxylic acids is 1. The van der Waals surface area contributed by atoms with E-state index >= 15 is 0 Å². The standard InChI is InChI=1S/C12H15ClN2O3/c1-2-14(7-11(16)17)12(18)10-5-8(13)6-15(10)9-3-4-9/h5-6,9H,2-4,7H2,1H3,(H,16,17). The van der Waals surface area contributed by atoms with Crippen LogP contribution in [0.3, 0.4) is 0 Å². The summed E-state index contributed by atoms with van der Waals surface area (Å²) in [7, 11) is 0. The van der Waals surface area contributed by atoms with Crippen LogP contribution in [0.15, 0.2) is 12.3 Å². The maximum atomic E-state index is 12.3. The minimum absolute atomic E-state index is 0.279. The van der Waals surface area contributed by atoms with Crippen LogP contribution in [-0.4, -0.2) is 39.5 Å². The first kappa shape index (κ1) is 13.0. The van der Waals surface area contributed by atoms with Gasteiger partial charge in [0.15, 0.2) is 0 Å². The van der Waals surface area contributed by atoms with Gasteiger partial charge < -0.3 is 14.6 Å². The van der Waals surface area contributed by atoms with E-state index in [9.17, 15) is 9.59 Å². The van der Waals surface area contributed by atoms with Crippen LogP contribution in [0.1, 0.15) is 36.3 Å². The molecule has 0 unspecified atom stereocenters. The highest BCUT2D eigenvalue weighted by atomic mass is 35.5.